The first kappa shape index (κ1) is 15.1. The normalized spacial score (nSPS) is 11.4. The van der Waals surface area contributed by atoms with E-state index in [1.165, 1.54) is 6.33 Å². The molecular weight excluding hydrogens is 314 g/mol. The van der Waals surface area contributed by atoms with Gasteiger partial charge >= 0.3 is 0 Å². The first-order valence-electron chi connectivity index (χ1n) is 7.84. The molecule has 0 atom stereocenters. The number of nitrogens with zero attached hydrogens (tertiary/aromatic N) is 7. The van der Waals surface area contributed by atoms with Gasteiger partial charge in [-0.25, -0.2) is 14.6 Å². The highest BCUT2D eigenvalue weighted by Gasteiger charge is 2.11. The largest absolute Gasteiger partial charge is 0.265 e. The van der Waals surface area contributed by atoms with Gasteiger partial charge in [0.2, 0.25) is 0 Å². The number of aromatic nitrogens is 5. The van der Waals surface area contributed by atoms with Crippen LogP contribution in [-0.4, -0.2) is 24.7 Å². The minimum absolute atomic E-state index is 0.472. The maximum atomic E-state index is 4.46. The lowest BCUT2D eigenvalue weighted by molar-refractivity contribution is 0.886. The molecule has 0 N–H and O–H groups in total. The van der Waals surface area contributed by atoms with Crippen molar-refractivity contribution in [2.24, 2.45) is 10.2 Å². The van der Waals surface area contributed by atoms with Crippen LogP contribution in [0.5, 0.6) is 0 Å². The smallest absolute Gasteiger partial charge is 0.188 e. The van der Waals surface area contributed by atoms with Crippen LogP contribution in [0.4, 0.5) is 5.82 Å². The number of fused-ring (bicyclic) bond motifs is 1. The minimum atomic E-state index is 0.472. The van der Waals surface area contributed by atoms with Crippen LogP contribution in [-0.2, 0) is 6.54 Å². The molecule has 0 aliphatic carbocycles. The predicted molar refractivity (Wildman–Crippen MR) is 93.9 cm³/mol. The first-order chi connectivity index (χ1) is 12.3. The molecule has 4 aromatic rings. The van der Waals surface area contributed by atoms with Crippen LogP contribution >= 0.6 is 0 Å². The van der Waals surface area contributed by atoms with Crippen molar-refractivity contribution in [2.75, 3.05) is 0 Å². The lowest BCUT2D eigenvalue weighted by atomic mass is 10.2. The third-order valence-corrected chi connectivity index (χ3v) is 3.86. The van der Waals surface area contributed by atoms with Crippen LogP contribution in [0.15, 0.2) is 71.5 Å². The van der Waals surface area contributed by atoms with Gasteiger partial charge in [0.1, 0.15) is 6.33 Å². The molecule has 4 rings (SSSR count). The quantitative estimate of drug-likeness (QED) is 0.533. The van der Waals surface area contributed by atoms with Gasteiger partial charge in [-0.05, 0) is 36.2 Å². The van der Waals surface area contributed by atoms with E-state index >= 15 is 0 Å². The standard InChI is InChI=1S/C18H15N7/c1-13-4-2-3-5-16(13)25-18-15(11-23-25)17(20-12-21-18)24-22-10-14-6-8-19-9-7-14/h2-9,11-12H,10H2,1H3. The fourth-order valence-electron chi connectivity index (χ4n) is 2.56. The third-order valence-electron chi connectivity index (χ3n) is 3.86. The minimum Gasteiger partial charge on any atom is -0.265 e. The van der Waals surface area contributed by atoms with Gasteiger partial charge in [-0.15, -0.1) is 5.11 Å². The Labute approximate surface area is 144 Å². The topological polar surface area (TPSA) is 81.2 Å². The first-order valence-corrected chi connectivity index (χ1v) is 7.84. The molecule has 0 saturated carbocycles. The fraction of sp³-hybridized carbons (Fsp3) is 0.111. The van der Waals surface area contributed by atoms with E-state index < -0.39 is 0 Å². The second kappa shape index (κ2) is 6.56. The number of pyridine rings is 1. The molecule has 7 nitrogen and oxygen atoms in total. The zero-order valence-electron chi connectivity index (χ0n) is 13.6. The second-order valence-electron chi connectivity index (χ2n) is 5.53. The summed E-state index contributed by atoms with van der Waals surface area (Å²) in [5.74, 6) is 0.513. The SMILES string of the molecule is Cc1ccccc1-n1ncc2c(N=NCc3ccncc3)ncnc21. The molecule has 122 valence electrons. The zero-order chi connectivity index (χ0) is 17.1. The second-order valence-corrected chi connectivity index (χ2v) is 5.53. The van der Waals surface area contributed by atoms with Crippen LogP contribution in [0.3, 0.4) is 0 Å². The molecule has 0 bridgehead atoms. The van der Waals surface area contributed by atoms with Crippen molar-refractivity contribution in [1.82, 2.24) is 24.7 Å². The summed E-state index contributed by atoms with van der Waals surface area (Å²) in [6, 6.07) is 11.8. The lowest BCUT2D eigenvalue weighted by Gasteiger charge is -2.05. The molecule has 0 saturated heterocycles. The number of hydrogen-bond donors (Lipinski definition) is 0. The van der Waals surface area contributed by atoms with Crippen molar-refractivity contribution in [3.63, 3.8) is 0 Å². The number of azo groups is 1. The predicted octanol–water partition coefficient (Wildman–Crippen LogP) is 3.80. The molecule has 0 amide bonds. The van der Waals surface area contributed by atoms with E-state index in [4.69, 9.17) is 0 Å². The Morgan fingerprint density at radius 1 is 1.04 bits per heavy atom. The molecule has 7 heteroatoms. The molecule has 0 aliphatic rings. The Morgan fingerprint density at radius 2 is 1.88 bits per heavy atom. The monoisotopic (exact) mass is 329 g/mol. The van der Waals surface area contributed by atoms with Crippen LogP contribution in [0, 0.1) is 6.92 Å². The van der Waals surface area contributed by atoms with Gasteiger partial charge in [-0.3, -0.25) is 4.98 Å². The van der Waals surface area contributed by atoms with Crippen molar-refractivity contribution >= 4 is 16.9 Å². The van der Waals surface area contributed by atoms with Crippen molar-refractivity contribution in [3.05, 3.63) is 72.4 Å². The van der Waals surface area contributed by atoms with Crippen molar-refractivity contribution in [2.45, 2.75) is 13.5 Å². The summed E-state index contributed by atoms with van der Waals surface area (Å²) in [5, 5.41) is 13.7. The molecule has 0 unspecified atom stereocenters. The van der Waals surface area contributed by atoms with E-state index in [0.717, 1.165) is 22.2 Å². The molecular formula is C18H15N7. The third kappa shape index (κ3) is 2.99. The summed E-state index contributed by atoms with van der Waals surface area (Å²) in [5.41, 5.74) is 3.85. The Balaban J connectivity index is 1.69. The molecule has 1 aromatic carbocycles. The molecule has 3 heterocycles. The Hall–Kier alpha value is -3.48. The highest BCUT2D eigenvalue weighted by Crippen LogP contribution is 2.25. The van der Waals surface area contributed by atoms with E-state index in [1.54, 1.807) is 23.3 Å². The summed E-state index contributed by atoms with van der Waals surface area (Å²) in [4.78, 5) is 12.6. The molecule has 25 heavy (non-hydrogen) atoms. The number of hydrogen-bond acceptors (Lipinski definition) is 6. The Morgan fingerprint density at radius 3 is 2.72 bits per heavy atom. The number of aryl methyl sites for hydroxylation is 1. The van der Waals surface area contributed by atoms with Crippen molar-refractivity contribution < 1.29 is 0 Å². The van der Waals surface area contributed by atoms with E-state index in [0.29, 0.717) is 18.0 Å². The fourth-order valence-corrected chi connectivity index (χ4v) is 2.56. The van der Waals surface area contributed by atoms with Crippen molar-refractivity contribution in [1.29, 1.82) is 0 Å². The lowest BCUT2D eigenvalue weighted by Crippen LogP contribution is -1.99. The maximum Gasteiger partial charge on any atom is 0.188 e. The van der Waals surface area contributed by atoms with Gasteiger partial charge in [0.25, 0.3) is 0 Å². The zero-order valence-corrected chi connectivity index (χ0v) is 13.6. The summed E-state index contributed by atoms with van der Waals surface area (Å²) in [6.45, 7) is 2.51. The summed E-state index contributed by atoms with van der Waals surface area (Å²) in [7, 11) is 0. The maximum absolute atomic E-state index is 4.46. The Bertz CT molecular complexity index is 1040. The van der Waals surface area contributed by atoms with Crippen LogP contribution < -0.4 is 0 Å². The number of benzene rings is 1. The molecule has 0 fully saturated rings. The summed E-state index contributed by atoms with van der Waals surface area (Å²) < 4.78 is 1.80. The average Bonchev–Trinajstić information content (AvgIpc) is 3.08. The van der Waals surface area contributed by atoms with Gasteiger partial charge < -0.3 is 0 Å². The number of para-hydroxylation sites is 1. The van der Waals surface area contributed by atoms with Crippen LogP contribution in [0.1, 0.15) is 11.1 Å². The van der Waals surface area contributed by atoms with Gasteiger partial charge in [0.15, 0.2) is 11.5 Å². The van der Waals surface area contributed by atoms with Gasteiger partial charge in [0.05, 0.1) is 23.8 Å². The molecule has 0 radical (unpaired) electrons. The average molecular weight is 329 g/mol. The van der Waals surface area contributed by atoms with Crippen molar-refractivity contribution in [3.8, 4) is 5.69 Å². The molecule has 0 aliphatic heterocycles. The van der Waals surface area contributed by atoms with Crippen LogP contribution in [0.25, 0.3) is 16.7 Å². The van der Waals surface area contributed by atoms with E-state index in [1.807, 2.05) is 43.3 Å². The Kier molecular flexibility index (Phi) is 3.96. The summed E-state index contributed by atoms with van der Waals surface area (Å²) in [6.07, 6.45) is 6.68. The number of rotatable bonds is 4. The van der Waals surface area contributed by atoms with Gasteiger partial charge in [-0.1, -0.05) is 18.2 Å². The van der Waals surface area contributed by atoms with E-state index in [9.17, 15) is 0 Å². The van der Waals surface area contributed by atoms with E-state index in [-0.39, 0.29) is 0 Å². The highest BCUT2D eigenvalue weighted by molar-refractivity contribution is 5.85. The van der Waals surface area contributed by atoms with Gasteiger partial charge in [0, 0.05) is 12.4 Å². The summed E-state index contributed by atoms with van der Waals surface area (Å²) >= 11 is 0. The molecule has 3 aromatic heterocycles. The van der Waals surface area contributed by atoms with E-state index in [2.05, 4.69) is 30.3 Å². The highest BCUT2D eigenvalue weighted by atomic mass is 15.3. The molecule has 0 spiro atoms. The van der Waals surface area contributed by atoms with Gasteiger partial charge in [-0.2, -0.15) is 10.2 Å². The van der Waals surface area contributed by atoms with Crippen LogP contribution in [0.2, 0.25) is 0 Å².